The van der Waals surface area contributed by atoms with E-state index in [1.807, 2.05) is 0 Å². The van der Waals surface area contributed by atoms with Crippen LogP contribution in [0, 0.1) is 0 Å². The molecule has 1 aromatic carbocycles. The van der Waals surface area contributed by atoms with E-state index in [4.69, 9.17) is 0 Å². The summed E-state index contributed by atoms with van der Waals surface area (Å²) in [7, 11) is 0.362. The summed E-state index contributed by atoms with van der Waals surface area (Å²) in [6.07, 6.45) is 0. The Morgan fingerprint density at radius 3 is 2.26 bits per heavy atom. The van der Waals surface area contributed by atoms with Gasteiger partial charge < -0.3 is 10.6 Å². The maximum Gasteiger partial charge on any atom is 0.190 e. The molecule has 1 aromatic rings. The minimum absolute atomic E-state index is 0. The first-order valence-corrected chi connectivity index (χ1v) is 7.38. The van der Waals surface area contributed by atoms with E-state index >= 15 is 0 Å². The van der Waals surface area contributed by atoms with Gasteiger partial charge in [-0.1, -0.05) is 19.1 Å². The van der Waals surface area contributed by atoms with E-state index in [9.17, 15) is 8.42 Å². The number of hydrogen-bond acceptors (Lipinski definition) is 3. The van der Waals surface area contributed by atoms with Crippen molar-refractivity contribution in [2.24, 2.45) is 4.99 Å². The summed E-state index contributed by atoms with van der Waals surface area (Å²) in [5.41, 5.74) is 1.00. The molecular weight excluding hydrogens is 377 g/mol. The van der Waals surface area contributed by atoms with Gasteiger partial charge in [-0.2, -0.15) is 0 Å². The second-order valence-corrected chi connectivity index (χ2v) is 6.00. The maximum atomic E-state index is 11.6. The molecule has 5 nitrogen and oxygen atoms in total. The van der Waals surface area contributed by atoms with Gasteiger partial charge >= 0.3 is 0 Å². The minimum Gasteiger partial charge on any atom is -0.359 e. The molecule has 19 heavy (non-hydrogen) atoms. The lowest BCUT2D eigenvalue weighted by Gasteiger charge is -2.09. The Labute approximate surface area is 131 Å². The molecule has 0 radical (unpaired) electrons. The molecule has 0 unspecified atom stereocenters. The van der Waals surface area contributed by atoms with Crippen molar-refractivity contribution in [2.45, 2.75) is 18.4 Å². The number of hydrogen-bond donors (Lipinski definition) is 2. The molecule has 1 rings (SSSR count). The lowest BCUT2D eigenvalue weighted by molar-refractivity contribution is 0.597. The lowest BCUT2D eigenvalue weighted by atomic mass is 10.2. The largest absolute Gasteiger partial charge is 0.359 e. The normalized spacial score (nSPS) is 11.6. The molecule has 2 N–H and O–H groups in total. The molecule has 0 spiro atoms. The van der Waals surface area contributed by atoms with Crippen LogP contribution < -0.4 is 10.6 Å². The molecule has 108 valence electrons. The van der Waals surface area contributed by atoms with Crippen LogP contribution >= 0.6 is 24.0 Å². The second kappa shape index (κ2) is 8.36. The Morgan fingerprint density at radius 1 is 1.26 bits per heavy atom. The van der Waals surface area contributed by atoms with E-state index < -0.39 is 9.84 Å². The van der Waals surface area contributed by atoms with Crippen LogP contribution in [0.4, 0.5) is 0 Å². The highest BCUT2D eigenvalue weighted by Gasteiger charge is 2.10. The molecule has 0 amide bonds. The minimum atomic E-state index is -3.11. The van der Waals surface area contributed by atoms with Crippen LogP contribution in [0.3, 0.4) is 0 Å². The number of nitrogens with zero attached hydrogens (tertiary/aromatic N) is 1. The summed E-state index contributed by atoms with van der Waals surface area (Å²) >= 11 is 0. The van der Waals surface area contributed by atoms with Crippen LogP contribution in [-0.4, -0.2) is 34.2 Å². The van der Waals surface area contributed by atoms with Gasteiger partial charge in [0.15, 0.2) is 15.8 Å². The topological polar surface area (TPSA) is 70.6 Å². The van der Waals surface area contributed by atoms with Gasteiger partial charge in [0.2, 0.25) is 0 Å². The average Bonchev–Trinajstić information content (AvgIpc) is 2.40. The first-order valence-electron chi connectivity index (χ1n) is 5.73. The van der Waals surface area contributed by atoms with Crippen LogP contribution in [0.2, 0.25) is 0 Å². The molecular formula is C12H20IN3O2S. The highest BCUT2D eigenvalue weighted by Crippen LogP contribution is 2.12. The average molecular weight is 397 g/mol. The zero-order valence-corrected chi connectivity index (χ0v) is 14.5. The number of guanidine groups is 1. The van der Waals surface area contributed by atoms with E-state index in [1.54, 1.807) is 45.3 Å². The van der Waals surface area contributed by atoms with Crippen molar-refractivity contribution in [3.8, 4) is 0 Å². The van der Waals surface area contributed by atoms with E-state index in [0.717, 1.165) is 5.56 Å². The van der Waals surface area contributed by atoms with Gasteiger partial charge in [0, 0.05) is 20.6 Å². The van der Waals surface area contributed by atoms with Crippen LogP contribution in [0.15, 0.2) is 34.2 Å². The Bertz CT molecular complexity index is 512. The smallest absolute Gasteiger partial charge is 0.190 e. The molecule has 0 bridgehead atoms. The van der Waals surface area contributed by atoms with Crippen molar-refractivity contribution in [2.75, 3.05) is 19.8 Å². The van der Waals surface area contributed by atoms with Crippen molar-refractivity contribution < 1.29 is 8.42 Å². The first-order chi connectivity index (χ1) is 8.53. The van der Waals surface area contributed by atoms with Crippen molar-refractivity contribution in [3.63, 3.8) is 0 Å². The molecule has 0 aliphatic heterocycles. The summed E-state index contributed by atoms with van der Waals surface area (Å²) in [5, 5.41) is 6.01. The molecule has 0 saturated heterocycles. The zero-order valence-electron chi connectivity index (χ0n) is 11.3. The highest BCUT2D eigenvalue weighted by molar-refractivity contribution is 14.0. The molecule has 0 saturated carbocycles. The van der Waals surface area contributed by atoms with Gasteiger partial charge in [0.1, 0.15) is 0 Å². The number of aliphatic imine (C=N–C) groups is 1. The third-order valence-corrected chi connectivity index (χ3v) is 4.33. The summed E-state index contributed by atoms with van der Waals surface area (Å²) < 4.78 is 23.3. The number of halogens is 1. The zero-order chi connectivity index (χ0) is 13.6. The van der Waals surface area contributed by atoms with Crippen LogP contribution in [0.1, 0.15) is 12.5 Å². The standard InChI is InChI=1S/C12H19N3O2S.HI/c1-4-18(16,17)11-7-5-10(6-8-11)9-15-12(13-2)14-3;/h5-8H,4,9H2,1-3H3,(H2,13,14,15);1H. The van der Waals surface area contributed by atoms with Gasteiger partial charge in [-0.05, 0) is 17.7 Å². The Kier molecular flexibility index (Phi) is 8.00. The van der Waals surface area contributed by atoms with E-state index in [-0.39, 0.29) is 29.7 Å². The lowest BCUT2D eigenvalue weighted by Crippen LogP contribution is -2.34. The molecule has 0 aliphatic rings. The molecule has 7 heteroatoms. The summed E-state index contributed by atoms with van der Waals surface area (Å²) in [6.45, 7) is 2.24. The number of nitrogens with one attached hydrogen (secondary N) is 2. The molecule has 0 heterocycles. The third-order valence-electron chi connectivity index (χ3n) is 2.58. The van der Waals surface area contributed by atoms with Crippen LogP contribution in [0.5, 0.6) is 0 Å². The Balaban J connectivity index is 0.00000324. The second-order valence-electron chi connectivity index (χ2n) is 3.72. The Morgan fingerprint density at radius 2 is 1.84 bits per heavy atom. The van der Waals surface area contributed by atoms with Crippen molar-refractivity contribution in [1.29, 1.82) is 0 Å². The van der Waals surface area contributed by atoms with Crippen molar-refractivity contribution in [1.82, 2.24) is 10.6 Å². The fourth-order valence-corrected chi connectivity index (χ4v) is 2.33. The third kappa shape index (κ3) is 5.35. The fraction of sp³-hybridized carbons (Fsp3) is 0.417. The van der Waals surface area contributed by atoms with E-state index in [0.29, 0.717) is 17.4 Å². The fourth-order valence-electron chi connectivity index (χ4n) is 1.45. The van der Waals surface area contributed by atoms with Crippen LogP contribution in [-0.2, 0) is 16.4 Å². The van der Waals surface area contributed by atoms with Gasteiger partial charge in [0.05, 0.1) is 10.6 Å². The maximum absolute atomic E-state index is 11.6. The van der Waals surface area contributed by atoms with Gasteiger partial charge in [-0.3, -0.25) is 4.99 Å². The summed E-state index contributed by atoms with van der Waals surface area (Å²) in [5.74, 6) is 0.817. The first kappa shape index (κ1) is 18.2. The van der Waals surface area contributed by atoms with Gasteiger partial charge in [-0.15, -0.1) is 24.0 Å². The van der Waals surface area contributed by atoms with Crippen molar-refractivity contribution >= 4 is 39.8 Å². The van der Waals surface area contributed by atoms with Crippen LogP contribution in [0.25, 0.3) is 0 Å². The summed E-state index contributed by atoms with van der Waals surface area (Å²) in [4.78, 5) is 4.36. The number of rotatable bonds is 4. The van der Waals surface area contributed by atoms with Crippen molar-refractivity contribution in [3.05, 3.63) is 29.8 Å². The molecule has 0 aliphatic carbocycles. The summed E-state index contributed by atoms with van der Waals surface area (Å²) in [6, 6.07) is 6.88. The van der Waals surface area contributed by atoms with E-state index in [1.165, 1.54) is 0 Å². The highest BCUT2D eigenvalue weighted by atomic mass is 127. The van der Waals surface area contributed by atoms with Gasteiger partial charge in [-0.25, -0.2) is 8.42 Å². The Hall–Kier alpha value is -0.830. The molecule has 0 aromatic heterocycles. The molecule has 0 fully saturated rings. The van der Waals surface area contributed by atoms with Gasteiger partial charge in [0.25, 0.3) is 0 Å². The molecule has 0 atom stereocenters. The monoisotopic (exact) mass is 397 g/mol. The SMILES string of the molecule is CCS(=O)(=O)c1ccc(CNC(=NC)NC)cc1.I. The predicted molar refractivity (Wildman–Crippen MR) is 88.8 cm³/mol. The number of benzene rings is 1. The quantitative estimate of drug-likeness (QED) is 0.458. The van der Waals surface area contributed by atoms with E-state index in [2.05, 4.69) is 15.6 Å². The predicted octanol–water partition coefficient (Wildman–Crippen LogP) is 1.39. The number of sulfone groups is 1.